The van der Waals surface area contributed by atoms with E-state index in [0.29, 0.717) is 5.82 Å². The molecule has 0 bridgehead atoms. The molecular formula is C51H31N3O. The second kappa shape index (κ2) is 12.6. The zero-order valence-electron chi connectivity index (χ0n) is 29.6. The minimum absolute atomic E-state index is 0.638. The lowest BCUT2D eigenvalue weighted by Crippen LogP contribution is -1.96. The Morgan fingerprint density at radius 1 is 0.364 bits per heavy atom. The second-order valence-electron chi connectivity index (χ2n) is 14.0. The summed E-state index contributed by atoms with van der Waals surface area (Å²) >= 11 is 0. The summed E-state index contributed by atoms with van der Waals surface area (Å²) < 4.78 is 6.77. The van der Waals surface area contributed by atoms with Crippen molar-refractivity contribution < 1.29 is 4.42 Å². The molecule has 0 saturated carbocycles. The third kappa shape index (κ3) is 5.26. The Morgan fingerprint density at radius 3 is 1.69 bits per heavy atom. The Bertz CT molecular complexity index is 3240. The summed E-state index contributed by atoms with van der Waals surface area (Å²) in [5.74, 6) is 0.638. The van der Waals surface area contributed by atoms with Gasteiger partial charge in [-0.25, -0.2) is 15.0 Å². The fourth-order valence-corrected chi connectivity index (χ4v) is 7.99. The maximum absolute atomic E-state index is 6.77. The van der Waals surface area contributed by atoms with Gasteiger partial charge in [-0.15, -0.1) is 0 Å². The molecular weight excluding hydrogens is 671 g/mol. The largest absolute Gasteiger partial charge is 0.455 e. The van der Waals surface area contributed by atoms with E-state index >= 15 is 0 Å². The third-order valence-electron chi connectivity index (χ3n) is 10.7. The number of aromatic nitrogens is 3. The molecule has 0 atom stereocenters. The van der Waals surface area contributed by atoms with E-state index in [0.717, 1.165) is 83.1 Å². The van der Waals surface area contributed by atoms with Crippen molar-refractivity contribution in [3.8, 4) is 56.3 Å². The van der Waals surface area contributed by atoms with E-state index in [4.69, 9.17) is 19.4 Å². The summed E-state index contributed by atoms with van der Waals surface area (Å²) in [5.41, 5.74) is 11.5. The fraction of sp³-hybridized carbons (Fsp3) is 0. The summed E-state index contributed by atoms with van der Waals surface area (Å²) in [6.45, 7) is 0. The normalized spacial score (nSPS) is 11.6. The minimum Gasteiger partial charge on any atom is -0.455 e. The maximum Gasteiger partial charge on any atom is 0.160 e. The predicted molar refractivity (Wildman–Crippen MR) is 227 cm³/mol. The van der Waals surface area contributed by atoms with Crippen LogP contribution in [-0.4, -0.2) is 15.0 Å². The number of pyridine rings is 1. The molecule has 0 amide bonds. The number of hydrogen-bond acceptors (Lipinski definition) is 4. The molecule has 8 aromatic carbocycles. The van der Waals surface area contributed by atoms with Crippen LogP contribution in [0.1, 0.15) is 0 Å². The zero-order valence-corrected chi connectivity index (χ0v) is 29.6. The van der Waals surface area contributed by atoms with E-state index < -0.39 is 0 Å². The van der Waals surface area contributed by atoms with Crippen LogP contribution in [0.4, 0.5) is 0 Å². The van der Waals surface area contributed by atoms with Crippen LogP contribution in [0.2, 0.25) is 0 Å². The zero-order chi connectivity index (χ0) is 36.3. The maximum atomic E-state index is 6.77. The average Bonchev–Trinajstić information content (AvgIpc) is 3.66. The Balaban J connectivity index is 1.12. The van der Waals surface area contributed by atoms with Gasteiger partial charge in [0, 0.05) is 33.0 Å². The molecule has 0 saturated heterocycles. The van der Waals surface area contributed by atoms with Crippen molar-refractivity contribution in [3.05, 3.63) is 188 Å². The Hall–Kier alpha value is -7.43. The van der Waals surface area contributed by atoms with Crippen molar-refractivity contribution in [2.75, 3.05) is 0 Å². The van der Waals surface area contributed by atoms with E-state index in [1.165, 1.54) is 21.7 Å². The van der Waals surface area contributed by atoms with Gasteiger partial charge in [-0.1, -0.05) is 152 Å². The molecule has 256 valence electrons. The van der Waals surface area contributed by atoms with Crippen molar-refractivity contribution in [1.29, 1.82) is 0 Å². The number of furan rings is 1. The SMILES string of the molecule is c1ccc(-c2ccc(-c3cc(-c4ccccc4)nc(-c4ccc5nc(-c6cc7ccccc7c7ccccc67)c6c7ccccc7oc6c5c4)n3)cc2)cc1. The lowest BCUT2D eigenvalue weighted by molar-refractivity contribution is 0.672. The van der Waals surface area contributed by atoms with Gasteiger partial charge in [0.1, 0.15) is 11.2 Å². The number of para-hydroxylation sites is 1. The molecule has 3 heterocycles. The number of benzene rings is 8. The number of nitrogens with zero attached hydrogens (tertiary/aromatic N) is 3. The molecule has 4 nitrogen and oxygen atoms in total. The van der Waals surface area contributed by atoms with Crippen LogP contribution in [-0.2, 0) is 0 Å². The van der Waals surface area contributed by atoms with Crippen LogP contribution in [0.25, 0.3) is 111 Å². The standard InChI is InChI=1S/C51H31N3O/c1-3-13-32(14-4-1)33-23-25-35(26-24-33)46-31-45(34-15-5-2-6-16-34)53-51(54-46)37-27-28-44-43(30-37)50-48(41-21-11-12-22-47(41)55-50)49(52-44)42-29-36-17-7-8-18-38(36)39-19-9-10-20-40(39)42/h1-31H. The lowest BCUT2D eigenvalue weighted by Gasteiger charge is -2.13. The van der Waals surface area contributed by atoms with E-state index in [2.05, 4.69) is 152 Å². The third-order valence-corrected chi connectivity index (χ3v) is 10.7. The Kier molecular flexibility index (Phi) is 7.14. The summed E-state index contributed by atoms with van der Waals surface area (Å²) in [7, 11) is 0. The molecule has 0 unspecified atom stereocenters. The molecule has 0 aliphatic rings. The predicted octanol–water partition coefficient (Wildman–Crippen LogP) is 13.6. The highest BCUT2D eigenvalue weighted by Gasteiger charge is 2.21. The van der Waals surface area contributed by atoms with Gasteiger partial charge in [-0.2, -0.15) is 0 Å². The highest BCUT2D eigenvalue weighted by Crippen LogP contribution is 2.43. The quantitative estimate of drug-likeness (QED) is 0.168. The first-order valence-corrected chi connectivity index (χ1v) is 18.5. The molecule has 55 heavy (non-hydrogen) atoms. The topological polar surface area (TPSA) is 51.8 Å². The van der Waals surface area contributed by atoms with Gasteiger partial charge in [0.25, 0.3) is 0 Å². The van der Waals surface area contributed by atoms with Crippen LogP contribution in [0, 0.1) is 0 Å². The van der Waals surface area contributed by atoms with E-state index in [1.54, 1.807) is 0 Å². The van der Waals surface area contributed by atoms with Crippen molar-refractivity contribution >= 4 is 54.4 Å². The van der Waals surface area contributed by atoms with Crippen molar-refractivity contribution in [2.24, 2.45) is 0 Å². The van der Waals surface area contributed by atoms with Crippen LogP contribution < -0.4 is 0 Å². The number of hydrogen-bond donors (Lipinski definition) is 0. The Morgan fingerprint density at radius 2 is 0.927 bits per heavy atom. The monoisotopic (exact) mass is 701 g/mol. The van der Waals surface area contributed by atoms with Crippen molar-refractivity contribution in [3.63, 3.8) is 0 Å². The number of rotatable bonds is 5. The van der Waals surface area contributed by atoms with Gasteiger partial charge < -0.3 is 4.42 Å². The first-order valence-electron chi connectivity index (χ1n) is 18.5. The first-order chi connectivity index (χ1) is 27.2. The summed E-state index contributed by atoms with van der Waals surface area (Å²) in [6, 6.07) is 65.4. The summed E-state index contributed by atoms with van der Waals surface area (Å²) in [5, 5.41) is 7.72. The molecule has 0 aliphatic carbocycles. The van der Waals surface area contributed by atoms with Crippen LogP contribution in [0.5, 0.6) is 0 Å². The summed E-state index contributed by atoms with van der Waals surface area (Å²) in [6.07, 6.45) is 0. The van der Waals surface area contributed by atoms with E-state index in [-0.39, 0.29) is 0 Å². The van der Waals surface area contributed by atoms with Crippen LogP contribution >= 0.6 is 0 Å². The molecule has 11 rings (SSSR count). The van der Waals surface area contributed by atoms with E-state index in [9.17, 15) is 0 Å². The van der Waals surface area contributed by atoms with E-state index in [1.807, 2.05) is 36.4 Å². The van der Waals surface area contributed by atoms with Gasteiger partial charge in [-0.05, 0) is 69.1 Å². The van der Waals surface area contributed by atoms with Gasteiger partial charge >= 0.3 is 0 Å². The minimum atomic E-state index is 0.638. The molecule has 0 aliphatic heterocycles. The van der Waals surface area contributed by atoms with Crippen molar-refractivity contribution in [1.82, 2.24) is 15.0 Å². The molecule has 3 aromatic heterocycles. The molecule has 11 aromatic rings. The smallest absolute Gasteiger partial charge is 0.160 e. The average molecular weight is 702 g/mol. The molecule has 0 fully saturated rings. The molecule has 0 spiro atoms. The molecule has 0 radical (unpaired) electrons. The van der Waals surface area contributed by atoms with Crippen LogP contribution in [0.15, 0.2) is 192 Å². The second-order valence-corrected chi connectivity index (χ2v) is 14.0. The van der Waals surface area contributed by atoms with Gasteiger partial charge in [0.2, 0.25) is 0 Å². The Labute approximate surface area is 317 Å². The van der Waals surface area contributed by atoms with Crippen LogP contribution in [0.3, 0.4) is 0 Å². The van der Waals surface area contributed by atoms with Gasteiger partial charge in [0.05, 0.1) is 28.0 Å². The fourth-order valence-electron chi connectivity index (χ4n) is 7.99. The van der Waals surface area contributed by atoms with Gasteiger partial charge in [-0.3, -0.25) is 0 Å². The molecule has 0 N–H and O–H groups in total. The summed E-state index contributed by atoms with van der Waals surface area (Å²) in [4.78, 5) is 15.8. The molecule has 4 heteroatoms. The first kappa shape index (κ1) is 31.1. The number of fused-ring (bicyclic) bond motifs is 8. The highest BCUT2D eigenvalue weighted by atomic mass is 16.3. The lowest BCUT2D eigenvalue weighted by atomic mass is 9.93. The van der Waals surface area contributed by atoms with Crippen molar-refractivity contribution in [2.45, 2.75) is 0 Å². The van der Waals surface area contributed by atoms with Gasteiger partial charge in [0.15, 0.2) is 5.82 Å². The highest BCUT2D eigenvalue weighted by molar-refractivity contribution is 6.23.